The zero-order chi connectivity index (χ0) is 11.7. The van der Waals surface area contributed by atoms with E-state index in [1.54, 1.807) is 30.6 Å². The van der Waals surface area contributed by atoms with E-state index in [1.165, 1.54) is 11.3 Å². The van der Waals surface area contributed by atoms with Gasteiger partial charge in [-0.25, -0.2) is 9.97 Å². The first kappa shape index (κ1) is 9.87. The summed E-state index contributed by atoms with van der Waals surface area (Å²) in [4.78, 5) is 13.0. The highest BCUT2D eigenvalue weighted by Crippen LogP contribution is 2.21. The average Bonchev–Trinajstić information content (AvgIpc) is 2.91. The lowest BCUT2D eigenvalue weighted by Crippen LogP contribution is -1.88. The fourth-order valence-corrected chi connectivity index (χ4v) is 2.12. The van der Waals surface area contributed by atoms with E-state index < -0.39 is 0 Å². The SMILES string of the molecule is N#Cc1ccc2nc(-c3nccs3)cnc2c1. The minimum Gasteiger partial charge on any atom is -0.252 e. The molecule has 0 amide bonds. The predicted molar refractivity (Wildman–Crippen MR) is 65.4 cm³/mol. The number of nitriles is 1. The van der Waals surface area contributed by atoms with Crippen LogP contribution in [0.3, 0.4) is 0 Å². The Morgan fingerprint density at radius 1 is 1.18 bits per heavy atom. The molecule has 0 bridgehead atoms. The number of benzene rings is 1. The van der Waals surface area contributed by atoms with E-state index in [2.05, 4.69) is 21.0 Å². The van der Waals surface area contributed by atoms with Gasteiger partial charge in [0.2, 0.25) is 0 Å². The minimum atomic E-state index is 0.591. The fourth-order valence-electron chi connectivity index (χ4n) is 1.53. The summed E-state index contributed by atoms with van der Waals surface area (Å²) in [5.74, 6) is 0. The molecule has 1 aromatic carbocycles. The van der Waals surface area contributed by atoms with Gasteiger partial charge in [-0.3, -0.25) is 4.98 Å². The van der Waals surface area contributed by atoms with Crippen LogP contribution in [0.25, 0.3) is 21.7 Å². The van der Waals surface area contributed by atoms with E-state index >= 15 is 0 Å². The smallest absolute Gasteiger partial charge is 0.143 e. The van der Waals surface area contributed by atoms with Crippen LogP contribution < -0.4 is 0 Å². The molecule has 3 rings (SSSR count). The van der Waals surface area contributed by atoms with E-state index in [4.69, 9.17) is 5.26 Å². The maximum absolute atomic E-state index is 8.80. The van der Waals surface area contributed by atoms with Crippen molar-refractivity contribution in [1.29, 1.82) is 5.26 Å². The molecule has 17 heavy (non-hydrogen) atoms. The zero-order valence-electron chi connectivity index (χ0n) is 8.66. The number of rotatable bonds is 1. The van der Waals surface area contributed by atoms with Gasteiger partial charge in [-0.2, -0.15) is 5.26 Å². The molecule has 0 aliphatic rings. The van der Waals surface area contributed by atoms with Gasteiger partial charge in [0.05, 0.1) is 28.9 Å². The van der Waals surface area contributed by atoms with Crippen LogP contribution in [-0.2, 0) is 0 Å². The Labute approximate surface area is 101 Å². The largest absolute Gasteiger partial charge is 0.252 e. The third-order valence-electron chi connectivity index (χ3n) is 2.32. The van der Waals surface area contributed by atoms with Gasteiger partial charge in [0.15, 0.2) is 0 Å². The van der Waals surface area contributed by atoms with Gasteiger partial charge in [0.25, 0.3) is 0 Å². The van der Waals surface area contributed by atoms with Crippen LogP contribution in [0.4, 0.5) is 0 Å². The first-order valence-corrected chi connectivity index (χ1v) is 5.81. The summed E-state index contributed by atoms with van der Waals surface area (Å²) in [5.41, 5.74) is 2.85. The maximum atomic E-state index is 8.80. The molecule has 2 heterocycles. The molecule has 0 saturated carbocycles. The highest BCUT2D eigenvalue weighted by molar-refractivity contribution is 7.13. The Hall–Kier alpha value is -2.32. The Kier molecular flexibility index (Phi) is 2.28. The van der Waals surface area contributed by atoms with Crippen molar-refractivity contribution < 1.29 is 0 Å². The van der Waals surface area contributed by atoms with Crippen LogP contribution in [-0.4, -0.2) is 15.0 Å². The van der Waals surface area contributed by atoms with Gasteiger partial charge in [0.1, 0.15) is 10.7 Å². The van der Waals surface area contributed by atoms with Crippen molar-refractivity contribution in [1.82, 2.24) is 15.0 Å². The van der Waals surface area contributed by atoms with Gasteiger partial charge in [-0.15, -0.1) is 11.3 Å². The van der Waals surface area contributed by atoms with E-state index in [0.29, 0.717) is 5.56 Å². The standard InChI is InChI=1S/C12H6N4S/c13-6-8-1-2-9-10(5-8)15-7-11(16-9)12-14-3-4-17-12/h1-5,7H. The second-order valence-electron chi connectivity index (χ2n) is 3.41. The maximum Gasteiger partial charge on any atom is 0.143 e. The van der Waals surface area contributed by atoms with Gasteiger partial charge < -0.3 is 0 Å². The number of hydrogen-bond donors (Lipinski definition) is 0. The first-order valence-electron chi connectivity index (χ1n) is 4.93. The highest BCUT2D eigenvalue weighted by atomic mass is 32.1. The molecule has 0 unspecified atom stereocenters. The summed E-state index contributed by atoms with van der Waals surface area (Å²) in [7, 11) is 0. The average molecular weight is 238 g/mol. The molecule has 3 aromatic rings. The van der Waals surface area contributed by atoms with E-state index in [1.807, 2.05) is 5.38 Å². The second kappa shape index (κ2) is 3.92. The molecule has 0 radical (unpaired) electrons. The Morgan fingerprint density at radius 3 is 2.88 bits per heavy atom. The van der Waals surface area contributed by atoms with Gasteiger partial charge in [-0.1, -0.05) is 0 Å². The normalized spacial score (nSPS) is 10.3. The summed E-state index contributed by atoms with van der Waals surface area (Å²) in [6.07, 6.45) is 3.42. The summed E-state index contributed by atoms with van der Waals surface area (Å²) < 4.78 is 0. The molecular weight excluding hydrogens is 232 g/mol. The van der Waals surface area contributed by atoms with Crippen LogP contribution in [0.2, 0.25) is 0 Å². The number of fused-ring (bicyclic) bond motifs is 1. The lowest BCUT2D eigenvalue weighted by atomic mass is 10.2. The highest BCUT2D eigenvalue weighted by Gasteiger charge is 2.05. The van der Waals surface area contributed by atoms with Crippen molar-refractivity contribution in [2.75, 3.05) is 0 Å². The molecule has 0 N–H and O–H groups in total. The molecule has 0 spiro atoms. The molecule has 0 saturated heterocycles. The summed E-state index contributed by atoms with van der Waals surface area (Å²) in [6, 6.07) is 7.36. The van der Waals surface area contributed by atoms with Crippen molar-refractivity contribution in [2.24, 2.45) is 0 Å². The molecule has 4 nitrogen and oxygen atoms in total. The summed E-state index contributed by atoms with van der Waals surface area (Å²) in [5, 5.41) is 11.5. The number of thiazole rings is 1. The molecule has 2 aromatic heterocycles. The lowest BCUT2D eigenvalue weighted by Gasteiger charge is -1.99. The zero-order valence-corrected chi connectivity index (χ0v) is 9.48. The van der Waals surface area contributed by atoms with Crippen molar-refractivity contribution in [3.63, 3.8) is 0 Å². The van der Waals surface area contributed by atoms with Gasteiger partial charge >= 0.3 is 0 Å². The van der Waals surface area contributed by atoms with Crippen molar-refractivity contribution in [3.05, 3.63) is 41.5 Å². The fraction of sp³-hybridized carbons (Fsp3) is 0. The van der Waals surface area contributed by atoms with Crippen LogP contribution in [0.15, 0.2) is 36.0 Å². The molecule has 5 heteroatoms. The first-order chi connectivity index (χ1) is 8.36. The third kappa shape index (κ3) is 1.75. The molecule has 0 fully saturated rings. The van der Waals surface area contributed by atoms with E-state index in [0.717, 1.165) is 21.7 Å². The Bertz CT molecular complexity index is 713. The lowest BCUT2D eigenvalue weighted by molar-refractivity contribution is 1.27. The van der Waals surface area contributed by atoms with Gasteiger partial charge in [0, 0.05) is 11.6 Å². The molecule has 80 valence electrons. The monoisotopic (exact) mass is 238 g/mol. The quantitative estimate of drug-likeness (QED) is 0.653. The Morgan fingerprint density at radius 2 is 2.12 bits per heavy atom. The van der Waals surface area contributed by atoms with E-state index in [-0.39, 0.29) is 0 Å². The predicted octanol–water partition coefficient (Wildman–Crippen LogP) is 2.62. The summed E-state index contributed by atoms with van der Waals surface area (Å²) in [6.45, 7) is 0. The summed E-state index contributed by atoms with van der Waals surface area (Å²) >= 11 is 1.53. The van der Waals surface area contributed by atoms with Crippen LogP contribution >= 0.6 is 11.3 Å². The van der Waals surface area contributed by atoms with Crippen LogP contribution in [0, 0.1) is 11.3 Å². The second-order valence-corrected chi connectivity index (χ2v) is 4.30. The van der Waals surface area contributed by atoms with Crippen LogP contribution in [0.5, 0.6) is 0 Å². The molecule has 0 aliphatic heterocycles. The topological polar surface area (TPSA) is 62.5 Å². The number of aromatic nitrogens is 3. The Balaban J connectivity index is 2.18. The molecular formula is C12H6N4S. The van der Waals surface area contributed by atoms with E-state index in [9.17, 15) is 0 Å². The van der Waals surface area contributed by atoms with Gasteiger partial charge in [-0.05, 0) is 18.2 Å². The van der Waals surface area contributed by atoms with Crippen molar-refractivity contribution in [2.45, 2.75) is 0 Å². The van der Waals surface area contributed by atoms with Crippen LogP contribution in [0.1, 0.15) is 5.56 Å². The van der Waals surface area contributed by atoms with Crippen molar-refractivity contribution in [3.8, 4) is 16.8 Å². The molecule has 0 atom stereocenters. The number of hydrogen-bond acceptors (Lipinski definition) is 5. The minimum absolute atomic E-state index is 0.591. The molecule has 0 aliphatic carbocycles. The third-order valence-corrected chi connectivity index (χ3v) is 3.12. The number of nitrogens with zero attached hydrogens (tertiary/aromatic N) is 4. The van der Waals surface area contributed by atoms with Crippen molar-refractivity contribution >= 4 is 22.4 Å².